The maximum absolute atomic E-state index is 14.3. The Labute approximate surface area is 169 Å². The van der Waals surface area contributed by atoms with Gasteiger partial charge in [-0.05, 0) is 43.2 Å². The fourth-order valence-corrected chi connectivity index (χ4v) is 4.10. The van der Waals surface area contributed by atoms with Crippen LogP contribution in [0.3, 0.4) is 0 Å². The van der Waals surface area contributed by atoms with Crippen LogP contribution in [-0.4, -0.2) is 39.7 Å². The van der Waals surface area contributed by atoms with Gasteiger partial charge in [0, 0.05) is 5.69 Å². The highest BCUT2D eigenvalue weighted by atomic mass is 32.2. The third-order valence-electron chi connectivity index (χ3n) is 4.34. The zero-order chi connectivity index (χ0) is 21.8. The molecule has 0 heterocycles. The molecule has 0 fully saturated rings. The Bertz CT molecular complexity index is 1020. The van der Waals surface area contributed by atoms with Crippen LogP contribution in [0.2, 0.25) is 0 Å². The van der Waals surface area contributed by atoms with Gasteiger partial charge in [-0.3, -0.25) is 9.10 Å². The predicted octanol–water partition coefficient (Wildman–Crippen LogP) is 3.10. The monoisotopic (exact) mass is 422 g/mol. The van der Waals surface area contributed by atoms with E-state index in [1.165, 1.54) is 31.4 Å². The molecule has 2 rings (SSSR count). The number of hydrogen-bond donors (Lipinski definition) is 1. The standard InChI is InChI=1S/C20H23FN2O5S/c1-5-17(23(29(4,26)27)18-9-7-6-8-15(18)21)19(24)22-16-12-14(20(25)28-3)11-10-13(16)2/h6-12,17H,5H2,1-4H3,(H,22,24)/t17-/m0/s1. The van der Waals surface area contributed by atoms with Gasteiger partial charge >= 0.3 is 5.97 Å². The summed E-state index contributed by atoms with van der Waals surface area (Å²) in [5, 5.41) is 2.65. The van der Waals surface area contributed by atoms with Crippen molar-refractivity contribution in [2.45, 2.75) is 26.3 Å². The molecule has 0 saturated carbocycles. The maximum Gasteiger partial charge on any atom is 0.337 e. The molecule has 29 heavy (non-hydrogen) atoms. The summed E-state index contributed by atoms with van der Waals surface area (Å²) < 4.78 is 44.6. The highest BCUT2D eigenvalue weighted by molar-refractivity contribution is 7.92. The highest BCUT2D eigenvalue weighted by Crippen LogP contribution is 2.26. The summed E-state index contributed by atoms with van der Waals surface area (Å²) in [6.07, 6.45) is 1.02. The third-order valence-corrected chi connectivity index (χ3v) is 5.50. The van der Waals surface area contributed by atoms with Crippen molar-refractivity contribution in [3.05, 3.63) is 59.4 Å². The van der Waals surface area contributed by atoms with Crippen LogP contribution in [0, 0.1) is 12.7 Å². The molecule has 0 spiro atoms. The van der Waals surface area contributed by atoms with Gasteiger partial charge < -0.3 is 10.1 Å². The van der Waals surface area contributed by atoms with Crippen molar-refractivity contribution >= 4 is 33.3 Å². The molecule has 0 aliphatic carbocycles. The molecule has 0 bridgehead atoms. The first-order chi connectivity index (χ1) is 13.6. The molecule has 156 valence electrons. The van der Waals surface area contributed by atoms with Crippen molar-refractivity contribution < 1.29 is 27.1 Å². The number of rotatable bonds is 7. The van der Waals surface area contributed by atoms with Crippen LogP contribution in [0.4, 0.5) is 15.8 Å². The molecule has 0 aromatic heterocycles. The summed E-state index contributed by atoms with van der Waals surface area (Å²) in [6.45, 7) is 3.35. The van der Waals surface area contributed by atoms with E-state index in [0.29, 0.717) is 11.3 Å². The van der Waals surface area contributed by atoms with Gasteiger partial charge in [0.05, 0.1) is 24.6 Å². The Morgan fingerprint density at radius 1 is 1.21 bits per heavy atom. The van der Waals surface area contributed by atoms with E-state index in [2.05, 4.69) is 10.1 Å². The Morgan fingerprint density at radius 3 is 2.41 bits per heavy atom. The van der Waals surface area contributed by atoms with Crippen LogP contribution >= 0.6 is 0 Å². The first-order valence-electron chi connectivity index (χ1n) is 8.83. The van der Waals surface area contributed by atoms with Crippen LogP contribution in [0.25, 0.3) is 0 Å². The van der Waals surface area contributed by atoms with Gasteiger partial charge in [0.15, 0.2) is 0 Å². The van der Waals surface area contributed by atoms with E-state index in [-0.39, 0.29) is 17.7 Å². The topological polar surface area (TPSA) is 92.8 Å². The van der Waals surface area contributed by atoms with Gasteiger partial charge in [-0.2, -0.15) is 0 Å². The van der Waals surface area contributed by atoms with Gasteiger partial charge in [0.2, 0.25) is 15.9 Å². The van der Waals surface area contributed by atoms with E-state index in [1.54, 1.807) is 26.0 Å². The molecular formula is C20H23FN2O5S. The van der Waals surface area contributed by atoms with Crippen molar-refractivity contribution in [3.63, 3.8) is 0 Å². The lowest BCUT2D eigenvalue weighted by molar-refractivity contribution is -0.117. The lowest BCUT2D eigenvalue weighted by atomic mass is 10.1. The summed E-state index contributed by atoms with van der Waals surface area (Å²) in [4.78, 5) is 24.7. The number of ether oxygens (including phenoxy) is 1. The zero-order valence-corrected chi connectivity index (χ0v) is 17.4. The molecule has 1 amide bonds. The zero-order valence-electron chi connectivity index (χ0n) is 16.6. The maximum atomic E-state index is 14.3. The minimum atomic E-state index is -3.97. The largest absolute Gasteiger partial charge is 0.465 e. The molecule has 0 unspecified atom stereocenters. The summed E-state index contributed by atoms with van der Waals surface area (Å²) in [6, 6.07) is 8.79. The first-order valence-corrected chi connectivity index (χ1v) is 10.7. The minimum absolute atomic E-state index is 0.100. The fraction of sp³-hybridized carbons (Fsp3) is 0.300. The molecular weight excluding hydrogens is 399 g/mol. The normalized spacial score (nSPS) is 12.2. The molecule has 0 radical (unpaired) electrons. The molecule has 1 N–H and O–H groups in total. The van der Waals surface area contributed by atoms with Gasteiger partial charge in [-0.1, -0.05) is 25.1 Å². The van der Waals surface area contributed by atoms with E-state index >= 15 is 0 Å². The number of halogens is 1. The number of sulfonamides is 1. The molecule has 0 aliphatic heterocycles. The number of carbonyl (C=O) groups is 2. The van der Waals surface area contributed by atoms with Crippen LogP contribution < -0.4 is 9.62 Å². The number of anilines is 2. The molecule has 1 atom stereocenters. The quantitative estimate of drug-likeness (QED) is 0.692. The Hall–Kier alpha value is -2.94. The fourth-order valence-electron chi connectivity index (χ4n) is 2.88. The van der Waals surface area contributed by atoms with Gasteiger partial charge in [-0.15, -0.1) is 0 Å². The number of benzene rings is 2. The second-order valence-corrected chi connectivity index (χ2v) is 8.30. The molecule has 2 aromatic carbocycles. The van der Waals surface area contributed by atoms with Gasteiger partial charge in [0.1, 0.15) is 11.9 Å². The van der Waals surface area contributed by atoms with Crippen molar-refractivity contribution in [1.82, 2.24) is 0 Å². The Kier molecular flexibility index (Phi) is 6.97. The average molecular weight is 422 g/mol. The number of esters is 1. The average Bonchev–Trinajstić information content (AvgIpc) is 2.66. The number of aryl methyl sites for hydroxylation is 1. The molecule has 0 saturated heterocycles. The molecule has 7 nitrogen and oxygen atoms in total. The van der Waals surface area contributed by atoms with Crippen LogP contribution in [0.1, 0.15) is 29.3 Å². The van der Waals surface area contributed by atoms with E-state index in [0.717, 1.165) is 16.6 Å². The van der Waals surface area contributed by atoms with Crippen LogP contribution in [-0.2, 0) is 19.6 Å². The lowest BCUT2D eigenvalue weighted by Gasteiger charge is -2.30. The number of methoxy groups -OCH3 is 1. The summed E-state index contributed by atoms with van der Waals surface area (Å²) in [7, 11) is -2.72. The van der Waals surface area contributed by atoms with E-state index in [9.17, 15) is 22.4 Å². The van der Waals surface area contributed by atoms with E-state index in [1.807, 2.05) is 0 Å². The SMILES string of the molecule is CC[C@@H](C(=O)Nc1cc(C(=O)OC)ccc1C)N(c1ccccc1F)S(C)(=O)=O. The summed E-state index contributed by atoms with van der Waals surface area (Å²) in [5.41, 5.74) is 1.02. The van der Waals surface area contributed by atoms with Crippen LogP contribution in [0.15, 0.2) is 42.5 Å². The second-order valence-electron chi connectivity index (χ2n) is 6.44. The van der Waals surface area contributed by atoms with Gasteiger partial charge in [0.25, 0.3) is 0 Å². The minimum Gasteiger partial charge on any atom is -0.465 e. The molecule has 0 aliphatic rings. The Balaban J connectivity index is 2.43. The van der Waals surface area contributed by atoms with Gasteiger partial charge in [-0.25, -0.2) is 17.6 Å². The number of para-hydroxylation sites is 1. The van der Waals surface area contributed by atoms with E-state index < -0.39 is 33.8 Å². The Morgan fingerprint density at radius 2 is 1.86 bits per heavy atom. The smallest absolute Gasteiger partial charge is 0.337 e. The van der Waals surface area contributed by atoms with Crippen molar-refractivity contribution in [2.24, 2.45) is 0 Å². The lowest BCUT2D eigenvalue weighted by Crippen LogP contribution is -2.47. The highest BCUT2D eigenvalue weighted by Gasteiger charge is 2.33. The number of nitrogens with one attached hydrogen (secondary N) is 1. The van der Waals surface area contributed by atoms with Crippen molar-refractivity contribution in [2.75, 3.05) is 23.0 Å². The first kappa shape index (κ1) is 22.4. The summed E-state index contributed by atoms with van der Waals surface area (Å²) in [5.74, 6) is -1.98. The van der Waals surface area contributed by atoms with Crippen molar-refractivity contribution in [3.8, 4) is 0 Å². The predicted molar refractivity (Wildman–Crippen MR) is 109 cm³/mol. The molecule has 2 aromatic rings. The summed E-state index contributed by atoms with van der Waals surface area (Å²) >= 11 is 0. The van der Waals surface area contributed by atoms with E-state index in [4.69, 9.17) is 0 Å². The number of amides is 1. The van der Waals surface area contributed by atoms with Crippen molar-refractivity contribution in [1.29, 1.82) is 0 Å². The number of hydrogen-bond acceptors (Lipinski definition) is 5. The molecule has 9 heteroatoms. The third kappa shape index (κ3) is 5.11. The number of nitrogens with zero attached hydrogens (tertiary/aromatic N) is 1. The second kappa shape index (κ2) is 9.04. The number of carbonyl (C=O) groups excluding carboxylic acids is 2. The van der Waals surface area contributed by atoms with Crippen LogP contribution in [0.5, 0.6) is 0 Å².